The molecule has 1 aromatic heterocycles. The Bertz CT molecular complexity index is 1230. The maximum atomic E-state index is 13.0. The van der Waals surface area contributed by atoms with E-state index >= 15 is 0 Å². The molecule has 1 saturated carbocycles. The van der Waals surface area contributed by atoms with E-state index in [0.29, 0.717) is 12.8 Å². The predicted molar refractivity (Wildman–Crippen MR) is 144 cm³/mol. The van der Waals surface area contributed by atoms with Crippen LogP contribution in [0.2, 0.25) is 0 Å². The Hall–Kier alpha value is -3.36. The van der Waals surface area contributed by atoms with Crippen molar-refractivity contribution in [1.82, 2.24) is 0 Å². The van der Waals surface area contributed by atoms with Gasteiger partial charge in [-0.05, 0) is 55.4 Å². The SMILES string of the molecule is C=C1C2=CC[C@@H](c3ccoc3)[C@]2(C)[C@@H](OC(C)=O)CC1[C@@]1(C)[C@@H](OC(C)=O)CC(=O)OC(C)(C)[C@@H]1CC(=O)OC. The van der Waals surface area contributed by atoms with E-state index in [2.05, 4.69) is 19.6 Å². The van der Waals surface area contributed by atoms with E-state index in [-0.39, 0.29) is 18.8 Å². The standard InChI is InChI=1S/C31H40O9/c1-17-21-9-10-22(20-11-12-37-16-20)30(21,6)25(38-18(2)32)13-23(17)31(7)24(14-27(34)36-8)29(4,5)40-28(35)15-26(31)39-19(3)33/h9,11-12,16,22-26H,1,10,13-15H2,2-8H3/t22-,23?,24-,25-,26-,30+,31+/m0/s1. The summed E-state index contributed by atoms with van der Waals surface area (Å²) in [5.74, 6) is -3.05. The van der Waals surface area contributed by atoms with Gasteiger partial charge in [-0.25, -0.2) is 0 Å². The third-order valence-corrected chi connectivity index (χ3v) is 9.67. The van der Waals surface area contributed by atoms with Crippen molar-refractivity contribution in [2.45, 2.75) is 91.0 Å². The van der Waals surface area contributed by atoms with Crippen LogP contribution < -0.4 is 0 Å². The van der Waals surface area contributed by atoms with Gasteiger partial charge in [0.15, 0.2) is 0 Å². The highest BCUT2D eigenvalue weighted by atomic mass is 16.6. The molecule has 2 aliphatic carbocycles. The quantitative estimate of drug-likeness (QED) is 0.350. The number of hydrogen-bond donors (Lipinski definition) is 0. The number of furan rings is 1. The Kier molecular flexibility index (Phi) is 7.82. The fraction of sp³-hybridized carbons (Fsp3) is 0.613. The molecule has 40 heavy (non-hydrogen) atoms. The van der Waals surface area contributed by atoms with Crippen molar-refractivity contribution in [2.24, 2.45) is 22.7 Å². The molecular formula is C31H40O9. The Morgan fingerprint density at radius 3 is 2.27 bits per heavy atom. The van der Waals surface area contributed by atoms with Gasteiger partial charge < -0.3 is 23.4 Å². The lowest BCUT2D eigenvalue weighted by Crippen LogP contribution is -2.57. The molecule has 9 nitrogen and oxygen atoms in total. The van der Waals surface area contributed by atoms with Crippen molar-refractivity contribution in [1.29, 1.82) is 0 Å². The molecule has 1 saturated heterocycles. The van der Waals surface area contributed by atoms with Gasteiger partial charge >= 0.3 is 23.9 Å². The molecule has 2 heterocycles. The summed E-state index contributed by atoms with van der Waals surface area (Å²) in [4.78, 5) is 50.6. The average Bonchev–Trinajstić information content (AvgIpc) is 3.49. The first kappa shape index (κ1) is 29.6. The van der Waals surface area contributed by atoms with Crippen LogP contribution in [0, 0.1) is 22.7 Å². The topological polar surface area (TPSA) is 118 Å². The first-order chi connectivity index (χ1) is 18.7. The fourth-order valence-corrected chi connectivity index (χ4v) is 7.81. The minimum Gasteiger partial charge on any atom is -0.472 e. The van der Waals surface area contributed by atoms with Gasteiger partial charge in [0.1, 0.15) is 17.8 Å². The van der Waals surface area contributed by atoms with Gasteiger partial charge in [0.05, 0.1) is 32.5 Å². The summed E-state index contributed by atoms with van der Waals surface area (Å²) in [6.07, 6.45) is 4.75. The summed E-state index contributed by atoms with van der Waals surface area (Å²) in [7, 11) is 1.31. The summed E-state index contributed by atoms with van der Waals surface area (Å²) in [6.45, 7) is 14.8. The highest BCUT2D eigenvalue weighted by Crippen LogP contribution is 2.65. The van der Waals surface area contributed by atoms with Crippen molar-refractivity contribution in [2.75, 3.05) is 7.11 Å². The Morgan fingerprint density at radius 1 is 1.05 bits per heavy atom. The van der Waals surface area contributed by atoms with Gasteiger partial charge in [-0.3, -0.25) is 19.2 Å². The molecule has 9 heteroatoms. The number of allylic oxidation sites excluding steroid dienone is 2. The minimum atomic E-state index is -1.11. The Labute approximate surface area is 235 Å². The Balaban J connectivity index is 1.90. The molecule has 0 radical (unpaired) electrons. The number of cyclic esters (lactones) is 1. The zero-order valence-electron chi connectivity index (χ0n) is 24.4. The van der Waals surface area contributed by atoms with E-state index in [0.717, 1.165) is 16.7 Å². The second-order valence-electron chi connectivity index (χ2n) is 12.2. The summed E-state index contributed by atoms with van der Waals surface area (Å²) in [6, 6.07) is 1.92. The molecule has 0 N–H and O–H groups in total. The minimum absolute atomic E-state index is 0.0123. The molecule has 4 rings (SSSR count). The molecule has 218 valence electrons. The molecule has 1 unspecified atom stereocenters. The van der Waals surface area contributed by atoms with E-state index in [9.17, 15) is 19.2 Å². The van der Waals surface area contributed by atoms with Crippen molar-refractivity contribution in [3.05, 3.63) is 48.0 Å². The smallest absolute Gasteiger partial charge is 0.310 e. The number of ether oxygens (including phenoxy) is 4. The third kappa shape index (κ3) is 4.88. The van der Waals surface area contributed by atoms with Crippen molar-refractivity contribution < 1.29 is 42.5 Å². The molecule has 2 fully saturated rings. The lowest BCUT2D eigenvalue weighted by molar-refractivity contribution is -0.176. The van der Waals surface area contributed by atoms with E-state index in [1.54, 1.807) is 26.4 Å². The van der Waals surface area contributed by atoms with Crippen LogP contribution in [-0.4, -0.2) is 48.8 Å². The maximum Gasteiger partial charge on any atom is 0.310 e. The number of esters is 4. The van der Waals surface area contributed by atoms with Crippen LogP contribution in [0.1, 0.15) is 78.7 Å². The summed E-state index contributed by atoms with van der Waals surface area (Å²) in [5, 5.41) is 0. The number of methoxy groups -OCH3 is 1. The highest BCUT2D eigenvalue weighted by Gasteiger charge is 2.64. The normalized spacial score (nSPS) is 35.1. The second kappa shape index (κ2) is 10.6. The van der Waals surface area contributed by atoms with Gasteiger partial charge in [-0.15, -0.1) is 0 Å². The lowest BCUT2D eigenvalue weighted by Gasteiger charge is -2.56. The third-order valence-electron chi connectivity index (χ3n) is 9.67. The second-order valence-corrected chi connectivity index (χ2v) is 12.2. The molecule has 0 bridgehead atoms. The predicted octanol–water partition coefficient (Wildman–Crippen LogP) is 5.05. The molecule has 1 aliphatic heterocycles. The van der Waals surface area contributed by atoms with Gasteiger partial charge in [0.25, 0.3) is 0 Å². The maximum absolute atomic E-state index is 13.0. The number of carbonyl (C=O) groups is 4. The fourth-order valence-electron chi connectivity index (χ4n) is 7.81. The zero-order chi connectivity index (χ0) is 29.6. The molecule has 0 amide bonds. The molecule has 0 aromatic carbocycles. The van der Waals surface area contributed by atoms with E-state index in [4.69, 9.17) is 23.4 Å². The van der Waals surface area contributed by atoms with Crippen molar-refractivity contribution in [3.63, 3.8) is 0 Å². The van der Waals surface area contributed by atoms with Crippen LogP contribution in [0.5, 0.6) is 0 Å². The lowest BCUT2D eigenvalue weighted by atomic mass is 9.50. The van der Waals surface area contributed by atoms with Gasteiger partial charge in [0.2, 0.25) is 0 Å². The van der Waals surface area contributed by atoms with Crippen molar-refractivity contribution in [3.8, 4) is 0 Å². The van der Waals surface area contributed by atoms with E-state index in [1.807, 2.05) is 13.0 Å². The molecule has 7 atom stereocenters. The van der Waals surface area contributed by atoms with E-state index in [1.165, 1.54) is 21.0 Å². The molecule has 0 spiro atoms. The molecule has 1 aromatic rings. The average molecular weight is 557 g/mol. The van der Waals surface area contributed by atoms with Crippen LogP contribution in [-0.2, 0) is 38.1 Å². The number of carbonyl (C=O) groups excluding carboxylic acids is 4. The van der Waals surface area contributed by atoms with Gasteiger partial charge in [-0.2, -0.15) is 0 Å². The molecular weight excluding hydrogens is 516 g/mol. The van der Waals surface area contributed by atoms with Crippen molar-refractivity contribution >= 4 is 23.9 Å². The van der Waals surface area contributed by atoms with Crippen LogP contribution in [0.3, 0.4) is 0 Å². The number of fused-ring (bicyclic) bond motifs is 1. The molecule has 3 aliphatic rings. The Morgan fingerprint density at radius 2 is 1.70 bits per heavy atom. The first-order valence-corrected chi connectivity index (χ1v) is 13.7. The summed E-state index contributed by atoms with van der Waals surface area (Å²) in [5.41, 5.74) is 0.0175. The monoisotopic (exact) mass is 556 g/mol. The number of rotatable bonds is 6. The van der Waals surface area contributed by atoms with E-state index < -0.39 is 64.4 Å². The zero-order valence-corrected chi connectivity index (χ0v) is 24.4. The van der Waals surface area contributed by atoms with Crippen LogP contribution in [0.25, 0.3) is 0 Å². The van der Waals surface area contributed by atoms with Crippen LogP contribution in [0.4, 0.5) is 0 Å². The van der Waals surface area contributed by atoms with Gasteiger partial charge in [-0.1, -0.05) is 26.5 Å². The summed E-state index contributed by atoms with van der Waals surface area (Å²) < 4.78 is 28.2. The van der Waals surface area contributed by atoms with Gasteiger partial charge in [0, 0.05) is 36.5 Å². The van der Waals surface area contributed by atoms with Crippen LogP contribution >= 0.6 is 0 Å². The highest BCUT2D eigenvalue weighted by molar-refractivity contribution is 5.74. The number of hydrogen-bond acceptors (Lipinski definition) is 9. The van der Waals surface area contributed by atoms with Crippen LogP contribution in [0.15, 0.2) is 46.8 Å². The summed E-state index contributed by atoms with van der Waals surface area (Å²) >= 11 is 0. The largest absolute Gasteiger partial charge is 0.472 e. The first-order valence-electron chi connectivity index (χ1n) is 13.7.